The van der Waals surface area contributed by atoms with Crippen LogP contribution in [0, 0.1) is 0 Å². The fourth-order valence-electron chi connectivity index (χ4n) is 0.664. The molecule has 0 unspecified atom stereocenters. The van der Waals surface area contributed by atoms with Crippen LogP contribution in [0.5, 0.6) is 0 Å². The van der Waals surface area contributed by atoms with Crippen LogP contribution in [0.25, 0.3) is 0 Å². The van der Waals surface area contributed by atoms with Gasteiger partial charge in [0.2, 0.25) is 0 Å². The molecule has 1 N–H and O–H groups in total. The minimum absolute atomic E-state index is 0.338. The van der Waals surface area contributed by atoms with Gasteiger partial charge in [-0.2, -0.15) is 0 Å². The van der Waals surface area contributed by atoms with Gasteiger partial charge in [-0.05, 0) is 0 Å². The van der Waals surface area contributed by atoms with E-state index in [0.29, 0.717) is 27.5 Å². The van der Waals surface area contributed by atoms with Gasteiger partial charge < -0.3 is 0 Å². The summed E-state index contributed by atoms with van der Waals surface area (Å²) in [5.41, 5.74) is 0. The zero-order chi connectivity index (χ0) is 7.66. The quantitative estimate of drug-likeness (QED) is 0.547. The molecule has 0 atom stereocenters. The summed E-state index contributed by atoms with van der Waals surface area (Å²) in [5, 5.41) is 8.48. The Balaban J connectivity index is 2.65. The standard InChI is InChI=1S/C8H18OTe/c1-2-3-7-10-8-5-4-6-9/h9H,2-8H2,1H3. The third kappa shape index (κ3) is 8.75. The Labute approximate surface area is 74.3 Å². The van der Waals surface area contributed by atoms with Crippen molar-refractivity contribution in [2.45, 2.75) is 41.5 Å². The van der Waals surface area contributed by atoms with E-state index >= 15 is 0 Å². The number of unbranched alkanes of at least 4 members (excludes halogenated alkanes) is 2. The third-order valence-corrected chi connectivity index (χ3v) is 4.63. The summed E-state index contributed by atoms with van der Waals surface area (Å²) in [5.74, 6) is 0. The number of rotatable bonds is 7. The molecule has 0 fully saturated rings. The van der Waals surface area contributed by atoms with E-state index in [1.165, 1.54) is 28.2 Å². The van der Waals surface area contributed by atoms with Crippen LogP contribution >= 0.6 is 0 Å². The summed E-state index contributed by atoms with van der Waals surface area (Å²) in [7, 11) is 0. The fraction of sp³-hybridized carbons (Fsp3) is 1.00. The summed E-state index contributed by atoms with van der Waals surface area (Å²) < 4.78 is 2.94. The van der Waals surface area contributed by atoms with Gasteiger partial charge in [-0.15, -0.1) is 0 Å². The van der Waals surface area contributed by atoms with E-state index in [4.69, 9.17) is 5.11 Å². The van der Waals surface area contributed by atoms with Crippen LogP contribution in [-0.4, -0.2) is 32.6 Å². The summed E-state index contributed by atoms with van der Waals surface area (Å²) in [6, 6.07) is 0. The first-order valence-corrected chi connectivity index (χ1v) is 7.40. The van der Waals surface area contributed by atoms with Crippen molar-refractivity contribution in [3.8, 4) is 0 Å². The number of hydrogen-bond acceptors (Lipinski definition) is 1. The SMILES string of the molecule is CCCC[Te]CCCCO. The Bertz CT molecular complexity index is 49.2. The average molecular weight is 258 g/mol. The van der Waals surface area contributed by atoms with E-state index < -0.39 is 0 Å². The molecular weight excluding hydrogens is 240 g/mol. The van der Waals surface area contributed by atoms with Crippen molar-refractivity contribution in [3.05, 3.63) is 0 Å². The molecule has 10 heavy (non-hydrogen) atoms. The topological polar surface area (TPSA) is 20.2 Å². The summed E-state index contributed by atoms with van der Waals surface area (Å²) in [6.45, 7) is 2.64. The van der Waals surface area contributed by atoms with Crippen LogP contribution in [0.4, 0.5) is 0 Å². The zero-order valence-corrected chi connectivity index (χ0v) is 9.14. The van der Waals surface area contributed by atoms with Crippen molar-refractivity contribution in [2.75, 3.05) is 6.61 Å². The molecule has 0 saturated carbocycles. The van der Waals surface area contributed by atoms with Crippen LogP contribution in [-0.2, 0) is 0 Å². The van der Waals surface area contributed by atoms with Gasteiger partial charge in [-0.3, -0.25) is 0 Å². The van der Waals surface area contributed by atoms with Crippen molar-refractivity contribution in [1.29, 1.82) is 0 Å². The van der Waals surface area contributed by atoms with Crippen molar-refractivity contribution in [2.24, 2.45) is 0 Å². The average Bonchev–Trinajstić information content (AvgIpc) is 1.97. The Kier molecular flexibility index (Phi) is 10.5. The first kappa shape index (κ1) is 10.7. The van der Waals surface area contributed by atoms with Gasteiger partial charge in [0.1, 0.15) is 0 Å². The van der Waals surface area contributed by atoms with Gasteiger partial charge in [-0.25, -0.2) is 0 Å². The van der Waals surface area contributed by atoms with Crippen LogP contribution in [0.15, 0.2) is 0 Å². The Morgan fingerprint density at radius 2 is 1.80 bits per heavy atom. The Morgan fingerprint density at radius 3 is 2.40 bits per heavy atom. The molecule has 0 aliphatic carbocycles. The van der Waals surface area contributed by atoms with E-state index in [-0.39, 0.29) is 0 Å². The molecular formula is C8H18OTe. The van der Waals surface area contributed by atoms with Crippen molar-refractivity contribution < 1.29 is 5.11 Å². The molecule has 0 radical (unpaired) electrons. The van der Waals surface area contributed by atoms with Gasteiger partial charge in [-0.1, -0.05) is 0 Å². The van der Waals surface area contributed by atoms with Crippen molar-refractivity contribution in [1.82, 2.24) is 0 Å². The van der Waals surface area contributed by atoms with Gasteiger partial charge in [0.25, 0.3) is 0 Å². The number of hydrogen-bond donors (Lipinski definition) is 1. The number of aliphatic hydroxyl groups excluding tert-OH is 1. The molecule has 0 aromatic heterocycles. The summed E-state index contributed by atoms with van der Waals surface area (Å²) in [6.07, 6.45) is 5.07. The molecule has 0 aliphatic rings. The molecule has 0 heterocycles. The molecule has 1 nitrogen and oxygen atoms in total. The second kappa shape index (κ2) is 9.75. The molecule has 0 rings (SSSR count). The van der Waals surface area contributed by atoms with Crippen LogP contribution in [0.1, 0.15) is 32.6 Å². The first-order valence-electron chi connectivity index (χ1n) is 4.10. The molecule has 0 aromatic rings. The first-order chi connectivity index (χ1) is 4.91. The predicted octanol–water partition coefficient (Wildman–Crippen LogP) is 2.10. The zero-order valence-electron chi connectivity index (χ0n) is 6.81. The molecule has 0 aromatic carbocycles. The maximum atomic E-state index is 8.48. The van der Waals surface area contributed by atoms with Crippen molar-refractivity contribution in [3.63, 3.8) is 0 Å². The Hall–Kier alpha value is 0.750. The fourth-order valence-corrected chi connectivity index (χ4v) is 3.82. The van der Waals surface area contributed by atoms with Crippen molar-refractivity contribution >= 4 is 20.9 Å². The molecule has 0 saturated heterocycles. The normalized spacial score (nSPS) is 10.2. The van der Waals surface area contributed by atoms with E-state index in [9.17, 15) is 0 Å². The molecule has 0 aliphatic heterocycles. The van der Waals surface area contributed by atoms with Gasteiger partial charge in [0.15, 0.2) is 0 Å². The van der Waals surface area contributed by atoms with Gasteiger partial charge in [0.05, 0.1) is 0 Å². The molecule has 0 bridgehead atoms. The van der Waals surface area contributed by atoms with E-state index in [1.54, 1.807) is 0 Å². The van der Waals surface area contributed by atoms with E-state index in [0.717, 1.165) is 6.42 Å². The van der Waals surface area contributed by atoms with Crippen LogP contribution in [0.3, 0.4) is 0 Å². The summed E-state index contributed by atoms with van der Waals surface area (Å²) in [4.78, 5) is 0. The predicted molar refractivity (Wildman–Crippen MR) is 46.6 cm³/mol. The minimum atomic E-state index is 0.338. The molecule has 62 valence electrons. The van der Waals surface area contributed by atoms with Crippen LogP contribution in [0.2, 0.25) is 8.94 Å². The third-order valence-electron chi connectivity index (χ3n) is 1.34. The maximum absolute atomic E-state index is 8.48. The van der Waals surface area contributed by atoms with E-state index in [2.05, 4.69) is 6.92 Å². The summed E-state index contributed by atoms with van der Waals surface area (Å²) >= 11 is 0.338. The molecule has 0 amide bonds. The van der Waals surface area contributed by atoms with Gasteiger partial charge in [0, 0.05) is 0 Å². The monoisotopic (exact) mass is 260 g/mol. The van der Waals surface area contributed by atoms with Crippen LogP contribution < -0.4 is 0 Å². The second-order valence-corrected chi connectivity index (χ2v) is 5.89. The van der Waals surface area contributed by atoms with Gasteiger partial charge >= 0.3 is 74.2 Å². The molecule has 0 spiro atoms. The molecule has 2 heteroatoms. The number of aliphatic hydroxyl groups is 1. The van der Waals surface area contributed by atoms with E-state index in [1.807, 2.05) is 0 Å². The Morgan fingerprint density at radius 1 is 1.10 bits per heavy atom. The second-order valence-electron chi connectivity index (χ2n) is 2.40.